The normalized spacial score (nSPS) is 17.3. The Balaban J connectivity index is 1.59. The number of fused-ring (bicyclic) bond motifs is 1. The molecule has 0 spiro atoms. The monoisotopic (exact) mass is 284 g/mol. The number of rotatable bonds is 4. The molecule has 3 rings (SSSR count). The topological polar surface area (TPSA) is 59.0 Å². The van der Waals surface area contributed by atoms with E-state index in [0.29, 0.717) is 19.6 Å². The SMILES string of the molecule is Cc1cnn(CCNC(=O)C2CNCc3ccccc32)c1. The van der Waals surface area contributed by atoms with E-state index in [1.54, 1.807) is 0 Å². The molecule has 0 saturated heterocycles. The van der Waals surface area contributed by atoms with Gasteiger partial charge < -0.3 is 10.6 Å². The Morgan fingerprint density at radius 3 is 3.14 bits per heavy atom. The highest BCUT2D eigenvalue weighted by atomic mass is 16.1. The third-order valence-electron chi connectivity index (χ3n) is 3.81. The van der Waals surface area contributed by atoms with Crippen LogP contribution in [0.25, 0.3) is 0 Å². The summed E-state index contributed by atoms with van der Waals surface area (Å²) in [6, 6.07) is 8.14. The van der Waals surface area contributed by atoms with Crippen molar-refractivity contribution in [2.24, 2.45) is 0 Å². The third kappa shape index (κ3) is 3.13. The van der Waals surface area contributed by atoms with E-state index in [2.05, 4.69) is 27.9 Å². The first-order valence-electron chi connectivity index (χ1n) is 7.29. The predicted molar refractivity (Wildman–Crippen MR) is 80.9 cm³/mol. The van der Waals surface area contributed by atoms with Crippen molar-refractivity contribution in [3.63, 3.8) is 0 Å². The number of benzene rings is 1. The van der Waals surface area contributed by atoms with Crippen LogP contribution in [0.5, 0.6) is 0 Å². The molecular weight excluding hydrogens is 264 g/mol. The first-order chi connectivity index (χ1) is 10.2. The summed E-state index contributed by atoms with van der Waals surface area (Å²) in [6.45, 7) is 4.84. The van der Waals surface area contributed by atoms with Gasteiger partial charge in [0.25, 0.3) is 0 Å². The second-order valence-corrected chi connectivity index (χ2v) is 5.45. The summed E-state index contributed by atoms with van der Waals surface area (Å²) in [5, 5.41) is 10.5. The van der Waals surface area contributed by atoms with Gasteiger partial charge >= 0.3 is 0 Å². The summed E-state index contributed by atoms with van der Waals surface area (Å²) >= 11 is 0. The minimum absolute atomic E-state index is 0.0820. The minimum Gasteiger partial charge on any atom is -0.354 e. The average Bonchev–Trinajstić information content (AvgIpc) is 2.92. The van der Waals surface area contributed by atoms with Gasteiger partial charge in [-0.3, -0.25) is 9.48 Å². The van der Waals surface area contributed by atoms with Crippen molar-refractivity contribution in [1.82, 2.24) is 20.4 Å². The van der Waals surface area contributed by atoms with E-state index in [1.807, 2.05) is 36.1 Å². The van der Waals surface area contributed by atoms with Gasteiger partial charge in [-0.1, -0.05) is 24.3 Å². The lowest BCUT2D eigenvalue weighted by Gasteiger charge is -2.25. The molecule has 2 N–H and O–H groups in total. The Labute approximate surface area is 124 Å². The molecule has 1 aromatic carbocycles. The number of nitrogens with one attached hydrogen (secondary N) is 2. The molecule has 0 radical (unpaired) electrons. The summed E-state index contributed by atoms with van der Waals surface area (Å²) in [5.74, 6) is -0.0205. The molecule has 1 aliphatic heterocycles. The van der Waals surface area contributed by atoms with Crippen molar-refractivity contribution in [2.45, 2.75) is 25.9 Å². The molecule has 110 valence electrons. The third-order valence-corrected chi connectivity index (χ3v) is 3.81. The highest BCUT2D eigenvalue weighted by Crippen LogP contribution is 2.23. The zero-order valence-electron chi connectivity index (χ0n) is 12.2. The summed E-state index contributed by atoms with van der Waals surface area (Å²) in [7, 11) is 0. The van der Waals surface area contributed by atoms with E-state index in [4.69, 9.17) is 0 Å². The highest BCUT2D eigenvalue weighted by molar-refractivity contribution is 5.84. The number of hydrogen-bond acceptors (Lipinski definition) is 3. The lowest BCUT2D eigenvalue weighted by Crippen LogP contribution is -2.39. The molecule has 2 heterocycles. The van der Waals surface area contributed by atoms with E-state index in [0.717, 1.165) is 17.7 Å². The Morgan fingerprint density at radius 1 is 1.48 bits per heavy atom. The summed E-state index contributed by atoms with van der Waals surface area (Å²) in [6.07, 6.45) is 3.80. The Bertz CT molecular complexity index is 635. The van der Waals surface area contributed by atoms with Gasteiger partial charge in [0.1, 0.15) is 0 Å². The number of hydrogen-bond donors (Lipinski definition) is 2. The molecule has 0 saturated carbocycles. The van der Waals surface area contributed by atoms with Crippen LogP contribution in [0.3, 0.4) is 0 Å². The molecule has 1 unspecified atom stereocenters. The van der Waals surface area contributed by atoms with Crippen LogP contribution in [0.2, 0.25) is 0 Å². The van der Waals surface area contributed by atoms with E-state index in [1.165, 1.54) is 5.56 Å². The van der Waals surface area contributed by atoms with Crippen LogP contribution < -0.4 is 10.6 Å². The van der Waals surface area contributed by atoms with Crippen molar-refractivity contribution >= 4 is 5.91 Å². The van der Waals surface area contributed by atoms with E-state index in [-0.39, 0.29) is 11.8 Å². The van der Waals surface area contributed by atoms with Gasteiger partial charge in [0.05, 0.1) is 18.7 Å². The van der Waals surface area contributed by atoms with Crippen LogP contribution in [0.1, 0.15) is 22.6 Å². The molecule has 2 aromatic rings. The zero-order valence-corrected chi connectivity index (χ0v) is 12.2. The van der Waals surface area contributed by atoms with Crippen LogP contribution in [0, 0.1) is 6.92 Å². The standard InChI is InChI=1S/C16H20N4O/c1-12-8-19-20(11-12)7-6-18-16(21)15-10-17-9-13-4-2-3-5-14(13)15/h2-5,8,11,15,17H,6-7,9-10H2,1H3,(H,18,21). The number of carbonyl (C=O) groups excluding carboxylic acids is 1. The minimum atomic E-state index is -0.102. The van der Waals surface area contributed by atoms with Crippen molar-refractivity contribution in [2.75, 3.05) is 13.1 Å². The second-order valence-electron chi connectivity index (χ2n) is 5.45. The fraction of sp³-hybridized carbons (Fsp3) is 0.375. The van der Waals surface area contributed by atoms with Crippen molar-refractivity contribution in [3.8, 4) is 0 Å². The van der Waals surface area contributed by atoms with Crippen LogP contribution in [0.15, 0.2) is 36.7 Å². The van der Waals surface area contributed by atoms with Gasteiger partial charge in [-0.15, -0.1) is 0 Å². The maximum Gasteiger partial charge on any atom is 0.228 e. The van der Waals surface area contributed by atoms with Crippen LogP contribution >= 0.6 is 0 Å². The molecule has 0 fully saturated rings. The summed E-state index contributed by atoms with van der Waals surface area (Å²) in [5.41, 5.74) is 3.49. The van der Waals surface area contributed by atoms with Crippen LogP contribution in [0.4, 0.5) is 0 Å². The molecular formula is C16H20N4O. The Hall–Kier alpha value is -2.14. The predicted octanol–water partition coefficient (Wildman–Crippen LogP) is 1.19. The summed E-state index contributed by atoms with van der Waals surface area (Å²) < 4.78 is 1.85. The van der Waals surface area contributed by atoms with Gasteiger partial charge in [-0.25, -0.2) is 0 Å². The van der Waals surface area contributed by atoms with Gasteiger partial charge in [-0.05, 0) is 23.6 Å². The van der Waals surface area contributed by atoms with Crippen molar-refractivity contribution in [1.29, 1.82) is 0 Å². The van der Waals surface area contributed by atoms with E-state index >= 15 is 0 Å². The smallest absolute Gasteiger partial charge is 0.228 e. The number of aryl methyl sites for hydroxylation is 1. The molecule has 1 atom stereocenters. The maximum absolute atomic E-state index is 12.4. The van der Waals surface area contributed by atoms with Gasteiger partial charge in [0, 0.05) is 25.8 Å². The average molecular weight is 284 g/mol. The lowest BCUT2D eigenvalue weighted by molar-refractivity contribution is -0.122. The first-order valence-corrected chi connectivity index (χ1v) is 7.29. The Kier molecular flexibility index (Phi) is 4.01. The molecule has 0 aliphatic carbocycles. The molecule has 1 aliphatic rings. The largest absolute Gasteiger partial charge is 0.354 e. The van der Waals surface area contributed by atoms with Crippen molar-refractivity contribution < 1.29 is 4.79 Å². The highest BCUT2D eigenvalue weighted by Gasteiger charge is 2.25. The second kappa shape index (κ2) is 6.10. The fourth-order valence-electron chi connectivity index (χ4n) is 2.74. The molecule has 5 heteroatoms. The quantitative estimate of drug-likeness (QED) is 0.887. The summed E-state index contributed by atoms with van der Waals surface area (Å²) in [4.78, 5) is 12.4. The number of nitrogens with zero attached hydrogens (tertiary/aromatic N) is 2. The molecule has 21 heavy (non-hydrogen) atoms. The van der Waals surface area contributed by atoms with E-state index < -0.39 is 0 Å². The fourth-order valence-corrected chi connectivity index (χ4v) is 2.74. The van der Waals surface area contributed by atoms with Crippen LogP contribution in [-0.4, -0.2) is 28.8 Å². The van der Waals surface area contributed by atoms with Gasteiger partial charge in [-0.2, -0.15) is 5.10 Å². The number of amides is 1. The van der Waals surface area contributed by atoms with Crippen molar-refractivity contribution in [3.05, 3.63) is 53.3 Å². The Morgan fingerprint density at radius 2 is 2.33 bits per heavy atom. The number of aromatic nitrogens is 2. The van der Waals surface area contributed by atoms with Crippen LogP contribution in [-0.2, 0) is 17.9 Å². The maximum atomic E-state index is 12.4. The first kappa shape index (κ1) is 13.8. The molecule has 5 nitrogen and oxygen atoms in total. The molecule has 0 bridgehead atoms. The molecule has 1 amide bonds. The zero-order chi connectivity index (χ0) is 14.7. The van der Waals surface area contributed by atoms with Gasteiger partial charge in [0.2, 0.25) is 5.91 Å². The lowest BCUT2D eigenvalue weighted by atomic mass is 9.90. The van der Waals surface area contributed by atoms with Gasteiger partial charge in [0.15, 0.2) is 0 Å². The molecule has 1 aromatic heterocycles. The number of carbonyl (C=O) groups is 1. The van der Waals surface area contributed by atoms with E-state index in [9.17, 15) is 4.79 Å².